The molecule has 9 heteroatoms. The minimum Gasteiger partial charge on any atom is -0.444 e. The number of hydrogen-bond donors (Lipinski definition) is 2. The van der Waals surface area contributed by atoms with E-state index in [2.05, 4.69) is 16.7 Å². The van der Waals surface area contributed by atoms with Gasteiger partial charge in [-0.1, -0.05) is 18.2 Å². The van der Waals surface area contributed by atoms with Gasteiger partial charge in [0, 0.05) is 23.2 Å². The Morgan fingerprint density at radius 3 is 2.94 bits per heavy atom. The molecule has 2 atom stereocenters. The smallest absolute Gasteiger partial charge is 0.414 e. The summed E-state index contributed by atoms with van der Waals surface area (Å²) in [5, 5.41) is 7.41. The van der Waals surface area contributed by atoms with E-state index >= 15 is 0 Å². The SMILES string of the molecule is O=C1CSc2ccc(N3C[C@@H](CCNCC4Cc5cccc6ccc(=O)n4c56)OC3=O)cc2N1. The van der Waals surface area contributed by atoms with Crippen molar-refractivity contribution in [1.82, 2.24) is 9.88 Å². The third-order valence-electron chi connectivity index (χ3n) is 6.66. The van der Waals surface area contributed by atoms with Crippen molar-refractivity contribution < 1.29 is 14.3 Å². The second-order valence-corrected chi connectivity index (χ2v) is 9.90. The van der Waals surface area contributed by atoms with E-state index in [0.29, 0.717) is 31.8 Å². The molecule has 0 saturated carbocycles. The Kier molecular flexibility index (Phi) is 5.30. The van der Waals surface area contributed by atoms with Crippen molar-refractivity contribution in [1.29, 1.82) is 0 Å². The lowest BCUT2D eigenvalue weighted by Crippen LogP contribution is -2.32. The van der Waals surface area contributed by atoms with Crippen molar-refractivity contribution in [2.75, 3.05) is 35.6 Å². The summed E-state index contributed by atoms with van der Waals surface area (Å²) in [6.45, 7) is 1.83. The zero-order valence-corrected chi connectivity index (χ0v) is 19.3. The van der Waals surface area contributed by atoms with Crippen molar-refractivity contribution in [2.45, 2.75) is 29.9 Å². The molecule has 0 aliphatic carbocycles. The molecule has 6 rings (SSSR count). The van der Waals surface area contributed by atoms with Crippen molar-refractivity contribution in [2.24, 2.45) is 0 Å². The van der Waals surface area contributed by atoms with Crippen LogP contribution in [0.25, 0.3) is 10.9 Å². The van der Waals surface area contributed by atoms with E-state index in [9.17, 15) is 14.4 Å². The number of carbonyl (C=O) groups is 2. The first-order chi connectivity index (χ1) is 16.6. The molecule has 3 aromatic rings. The van der Waals surface area contributed by atoms with Crippen LogP contribution in [0, 0.1) is 0 Å². The van der Waals surface area contributed by atoms with E-state index in [1.807, 2.05) is 41.0 Å². The van der Waals surface area contributed by atoms with Crippen LogP contribution in [-0.4, -0.2) is 48.1 Å². The predicted octanol–water partition coefficient (Wildman–Crippen LogP) is 3.15. The molecule has 2 amide bonds. The second kappa shape index (κ2) is 8.48. The summed E-state index contributed by atoms with van der Waals surface area (Å²) in [5.74, 6) is 0.371. The van der Waals surface area contributed by atoms with Gasteiger partial charge in [0.1, 0.15) is 6.10 Å². The summed E-state index contributed by atoms with van der Waals surface area (Å²) in [7, 11) is 0. The highest BCUT2D eigenvalue weighted by Crippen LogP contribution is 2.35. The van der Waals surface area contributed by atoms with Gasteiger partial charge in [-0.2, -0.15) is 0 Å². The summed E-state index contributed by atoms with van der Waals surface area (Å²) in [6, 6.07) is 15.4. The highest BCUT2D eigenvalue weighted by molar-refractivity contribution is 8.00. The van der Waals surface area contributed by atoms with Gasteiger partial charge in [0.25, 0.3) is 5.56 Å². The number of cyclic esters (lactones) is 1. The van der Waals surface area contributed by atoms with E-state index in [-0.39, 0.29) is 29.7 Å². The van der Waals surface area contributed by atoms with Crippen molar-refractivity contribution in [3.8, 4) is 0 Å². The molecular weight excluding hydrogens is 452 g/mol. The van der Waals surface area contributed by atoms with Crippen LogP contribution in [0.2, 0.25) is 0 Å². The van der Waals surface area contributed by atoms with Gasteiger partial charge in [0.15, 0.2) is 0 Å². The van der Waals surface area contributed by atoms with Crippen molar-refractivity contribution in [3.05, 3.63) is 64.4 Å². The summed E-state index contributed by atoms with van der Waals surface area (Å²) < 4.78 is 7.49. The molecule has 8 nitrogen and oxygen atoms in total. The number of fused-ring (bicyclic) bond motifs is 1. The average molecular weight is 477 g/mol. The van der Waals surface area contributed by atoms with Crippen LogP contribution in [0.4, 0.5) is 16.2 Å². The molecule has 3 aliphatic heterocycles. The monoisotopic (exact) mass is 476 g/mol. The average Bonchev–Trinajstić information content (AvgIpc) is 3.40. The van der Waals surface area contributed by atoms with Gasteiger partial charge in [0.05, 0.1) is 29.5 Å². The predicted molar refractivity (Wildman–Crippen MR) is 132 cm³/mol. The first kappa shape index (κ1) is 21.2. The van der Waals surface area contributed by atoms with Gasteiger partial charge < -0.3 is 19.9 Å². The van der Waals surface area contributed by atoms with Gasteiger partial charge in [-0.25, -0.2) is 4.79 Å². The molecule has 2 aromatic carbocycles. The third-order valence-corrected chi connectivity index (χ3v) is 7.73. The molecule has 0 bridgehead atoms. The number of anilines is 2. The Bertz CT molecular complexity index is 1370. The van der Waals surface area contributed by atoms with Crippen LogP contribution in [0.3, 0.4) is 0 Å². The van der Waals surface area contributed by atoms with Gasteiger partial charge >= 0.3 is 6.09 Å². The van der Waals surface area contributed by atoms with Gasteiger partial charge in [0.2, 0.25) is 5.91 Å². The van der Waals surface area contributed by atoms with Gasteiger partial charge in [-0.15, -0.1) is 11.8 Å². The zero-order valence-electron chi connectivity index (χ0n) is 18.5. The number of rotatable bonds is 6. The summed E-state index contributed by atoms with van der Waals surface area (Å²) in [4.78, 5) is 39.3. The summed E-state index contributed by atoms with van der Waals surface area (Å²) >= 11 is 1.49. The van der Waals surface area contributed by atoms with E-state index in [1.54, 1.807) is 11.0 Å². The zero-order chi connectivity index (χ0) is 23.2. The fourth-order valence-electron chi connectivity index (χ4n) is 5.08. The Balaban J connectivity index is 1.05. The van der Waals surface area contributed by atoms with Gasteiger partial charge in [-0.3, -0.25) is 14.5 Å². The van der Waals surface area contributed by atoms with Crippen LogP contribution in [0.15, 0.2) is 58.2 Å². The van der Waals surface area contributed by atoms with E-state index in [1.165, 1.54) is 17.3 Å². The van der Waals surface area contributed by atoms with E-state index in [4.69, 9.17) is 4.74 Å². The third kappa shape index (κ3) is 3.74. The molecule has 1 aromatic heterocycles. The number of hydrogen-bond acceptors (Lipinski definition) is 6. The fourth-order valence-corrected chi connectivity index (χ4v) is 5.87. The lowest BCUT2D eigenvalue weighted by Gasteiger charge is -2.20. The van der Waals surface area contributed by atoms with Crippen LogP contribution < -0.4 is 21.1 Å². The number of aromatic nitrogens is 1. The molecule has 4 heterocycles. The molecule has 0 radical (unpaired) electrons. The maximum atomic E-state index is 12.5. The maximum absolute atomic E-state index is 12.5. The van der Waals surface area contributed by atoms with Crippen LogP contribution >= 0.6 is 11.8 Å². The normalized spacial score (nSPS) is 21.0. The molecule has 1 fully saturated rings. The molecule has 1 unspecified atom stereocenters. The minimum atomic E-state index is -0.371. The lowest BCUT2D eigenvalue weighted by molar-refractivity contribution is -0.113. The number of nitrogens with one attached hydrogen (secondary N) is 2. The van der Waals surface area contributed by atoms with Crippen LogP contribution in [0.1, 0.15) is 18.0 Å². The number of pyridine rings is 1. The Morgan fingerprint density at radius 1 is 1.12 bits per heavy atom. The second-order valence-electron chi connectivity index (χ2n) is 8.88. The number of amides is 2. The number of thioether (sulfide) groups is 1. The standard InChI is InChI=1S/C25H24N4O4S/c30-22-14-34-21-6-5-17(11-20(21)27-22)28-13-19(33-25(28)32)8-9-26-12-18-10-16-3-1-2-15-4-7-23(31)29(18)24(15)16/h1-7,11,18-19,26H,8-10,12-14H2,(H,27,30)/t18?,19-/m1/s1. The first-order valence-electron chi connectivity index (χ1n) is 11.5. The van der Waals surface area contributed by atoms with Crippen molar-refractivity contribution >= 4 is 46.0 Å². The highest BCUT2D eigenvalue weighted by Gasteiger charge is 2.33. The number of benzene rings is 2. The fraction of sp³-hybridized carbons (Fsp3) is 0.320. The Morgan fingerprint density at radius 2 is 2.03 bits per heavy atom. The van der Waals surface area contributed by atoms with E-state index in [0.717, 1.165) is 33.6 Å². The van der Waals surface area contributed by atoms with Crippen LogP contribution in [0.5, 0.6) is 0 Å². The number of nitrogens with zero attached hydrogens (tertiary/aromatic N) is 2. The molecule has 0 spiro atoms. The lowest BCUT2D eigenvalue weighted by atomic mass is 10.1. The Hall–Kier alpha value is -3.30. The highest BCUT2D eigenvalue weighted by atomic mass is 32.2. The topological polar surface area (TPSA) is 92.7 Å². The number of ether oxygens (including phenoxy) is 1. The molecular formula is C25H24N4O4S. The number of carbonyl (C=O) groups excluding carboxylic acids is 2. The molecule has 1 saturated heterocycles. The Labute approximate surface area is 200 Å². The van der Waals surface area contributed by atoms with Crippen molar-refractivity contribution in [3.63, 3.8) is 0 Å². The van der Waals surface area contributed by atoms with Crippen LogP contribution in [-0.2, 0) is 16.0 Å². The molecule has 174 valence electrons. The minimum absolute atomic E-state index is 0.0317. The molecule has 3 aliphatic rings. The maximum Gasteiger partial charge on any atom is 0.414 e. The van der Waals surface area contributed by atoms with E-state index < -0.39 is 0 Å². The van der Waals surface area contributed by atoms with Gasteiger partial charge in [-0.05, 0) is 54.6 Å². The molecule has 2 N–H and O–H groups in total. The quantitative estimate of drug-likeness (QED) is 0.531. The largest absolute Gasteiger partial charge is 0.444 e. The summed E-state index contributed by atoms with van der Waals surface area (Å²) in [5.41, 5.74) is 3.74. The number of para-hydroxylation sites is 1. The molecule has 34 heavy (non-hydrogen) atoms. The first-order valence-corrected chi connectivity index (χ1v) is 12.4. The summed E-state index contributed by atoms with van der Waals surface area (Å²) in [6.07, 6.45) is 0.928.